The number of para-hydroxylation sites is 2. The molecule has 1 fully saturated rings. The molecule has 1 aliphatic rings. The molecular formula is C22H25ClN2O4. The van der Waals surface area contributed by atoms with Gasteiger partial charge >= 0.3 is 5.97 Å². The first-order chi connectivity index (χ1) is 14.0. The van der Waals surface area contributed by atoms with Gasteiger partial charge in [-0.1, -0.05) is 41.9 Å². The lowest BCUT2D eigenvalue weighted by Crippen LogP contribution is -2.43. The van der Waals surface area contributed by atoms with Crippen molar-refractivity contribution in [1.82, 2.24) is 4.90 Å². The van der Waals surface area contributed by atoms with Crippen molar-refractivity contribution >= 4 is 29.2 Å². The number of methoxy groups -OCH3 is 2. The molecule has 1 saturated heterocycles. The van der Waals surface area contributed by atoms with E-state index in [0.29, 0.717) is 42.4 Å². The molecule has 2 aromatic carbocycles. The van der Waals surface area contributed by atoms with Gasteiger partial charge in [0.15, 0.2) is 0 Å². The first-order valence-electron chi connectivity index (χ1n) is 9.55. The van der Waals surface area contributed by atoms with Crippen LogP contribution in [-0.4, -0.2) is 44.1 Å². The Morgan fingerprint density at radius 3 is 2.38 bits per heavy atom. The van der Waals surface area contributed by atoms with E-state index in [-0.39, 0.29) is 17.8 Å². The standard InChI is InChI=1S/C22H25ClN2O4/c1-28-19-10-6-5-9-18(19)24-21(26)15-11-13-25(14-12-15)20(22(27)29-2)16-7-3-4-8-17(16)23/h3-10,15,20H,11-14H2,1-2H3,(H,24,26). The van der Waals surface area contributed by atoms with Crippen molar-refractivity contribution in [2.24, 2.45) is 5.92 Å². The molecule has 0 bridgehead atoms. The first kappa shape index (κ1) is 21.1. The van der Waals surface area contributed by atoms with Crippen LogP contribution in [0.1, 0.15) is 24.4 Å². The van der Waals surface area contributed by atoms with Crippen LogP contribution in [-0.2, 0) is 14.3 Å². The van der Waals surface area contributed by atoms with E-state index >= 15 is 0 Å². The van der Waals surface area contributed by atoms with Crippen LogP contribution >= 0.6 is 11.6 Å². The number of carbonyl (C=O) groups excluding carboxylic acids is 2. The summed E-state index contributed by atoms with van der Waals surface area (Å²) in [6.07, 6.45) is 1.28. The maximum Gasteiger partial charge on any atom is 0.327 e. The smallest absolute Gasteiger partial charge is 0.327 e. The normalized spacial score (nSPS) is 16.1. The molecule has 7 heteroatoms. The minimum atomic E-state index is -0.577. The molecule has 1 unspecified atom stereocenters. The summed E-state index contributed by atoms with van der Waals surface area (Å²) in [5.74, 6) is 0.0972. The molecule has 6 nitrogen and oxygen atoms in total. The molecule has 1 amide bonds. The van der Waals surface area contributed by atoms with Crippen LogP contribution in [0.4, 0.5) is 5.69 Å². The number of piperidine rings is 1. The molecule has 1 atom stereocenters. The predicted octanol–water partition coefficient (Wildman–Crippen LogP) is 3.91. The molecule has 0 spiro atoms. The molecule has 1 N–H and O–H groups in total. The van der Waals surface area contributed by atoms with Crippen LogP contribution < -0.4 is 10.1 Å². The number of halogens is 1. The SMILES string of the molecule is COC(=O)C(c1ccccc1Cl)N1CCC(C(=O)Nc2ccccc2OC)CC1. The second-order valence-corrected chi connectivity index (χ2v) is 7.35. The number of hydrogen-bond donors (Lipinski definition) is 1. The van der Waals surface area contributed by atoms with Crippen molar-refractivity contribution in [3.8, 4) is 5.75 Å². The second-order valence-electron chi connectivity index (χ2n) is 6.95. The summed E-state index contributed by atoms with van der Waals surface area (Å²) in [7, 11) is 2.95. The zero-order valence-electron chi connectivity index (χ0n) is 16.6. The van der Waals surface area contributed by atoms with Gasteiger partial charge in [-0.25, -0.2) is 4.79 Å². The van der Waals surface area contributed by atoms with E-state index in [1.807, 2.05) is 47.4 Å². The van der Waals surface area contributed by atoms with Crippen molar-refractivity contribution in [1.29, 1.82) is 0 Å². The third kappa shape index (κ3) is 4.89. The van der Waals surface area contributed by atoms with Gasteiger partial charge in [0.2, 0.25) is 5.91 Å². The Balaban J connectivity index is 1.67. The summed E-state index contributed by atoms with van der Waals surface area (Å²) in [6.45, 7) is 1.18. The zero-order valence-corrected chi connectivity index (χ0v) is 17.3. The number of carbonyl (C=O) groups is 2. The number of hydrogen-bond acceptors (Lipinski definition) is 5. The molecule has 154 valence electrons. The summed E-state index contributed by atoms with van der Waals surface area (Å²) in [6, 6.07) is 14.0. The Bertz CT molecular complexity index is 865. The summed E-state index contributed by atoms with van der Waals surface area (Å²) < 4.78 is 10.3. The number of benzene rings is 2. The Morgan fingerprint density at radius 1 is 1.07 bits per heavy atom. The minimum Gasteiger partial charge on any atom is -0.495 e. The van der Waals surface area contributed by atoms with Gasteiger partial charge < -0.3 is 14.8 Å². The van der Waals surface area contributed by atoms with Crippen molar-refractivity contribution < 1.29 is 19.1 Å². The predicted molar refractivity (Wildman–Crippen MR) is 112 cm³/mol. The fourth-order valence-electron chi connectivity index (χ4n) is 3.68. The van der Waals surface area contributed by atoms with Crippen LogP contribution in [0, 0.1) is 5.92 Å². The van der Waals surface area contributed by atoms with Gasteiger partial charge in [0.1, 0.15) is 11.8 Å². The van der Waals surface area contributed by atoms with E-state index in [1.54, 1.807) is 13.2 Å². The first-order valence-corrected chi connectivity index (χ1v) is 9.93. The molecular weight excluding hydrogens is 392 g/mol. The number of ether oxygens (including phenoxy) is 2. The molecule has 2 aromatic rings. The molecule has 0 aromatic heterocycles. The molecule has 1 heterocycles. The second kappa shape index (κ2) is 9.76. The number of anilines is 1. The number of nitrogens with one attached hydrogen (secondary N) is 1. The summed E-state index contributed by atoms with van der Waals surface area (Å²) in [5.41, 5.74) is 1.38. The molecule has 0 aliphatic carbocycles. The lowest BCUT2D eigenvalue weighted by molar-refractivity contribution is -0.148. The Kier molecular flexibility index (Phi) is 7.12. The van der Waals surface area contributed by atoms with Crippen LogP contribution in [0.25, 0.3) is 0 Å². The highest BCUT2D eigenvalue weighted by Crippen LogP contribution is 2.32. The van der Waals surface area contributed by atoms with Crippen LogP contribution in [0.2, 0.25) is 5.02 Å². The number of rotatable bonds is 6. The summed E-state index contributed by atoms with van der Waals surface area (Å²) in [5, 5.41) is 3.48. The fourth-order valence-corrected chi connectivity index (χ4v) is 3.92. The van der Waals surface area contributed by atoms with Crippen LogP contribution in [0.15, 0.2) is 48.5 Å². The van der Waals surface area contributed by atoms with E-state index in [1.165, 1.54) is 7.11 Å². The average Bonchev–Trinajstić information content (AvgIpc) is 2.76. The number of amides is 1. The lowest BCUT2D eigenvalue weighted by atomic mass is 9.93. The highest BCUT2D eigenvalue weighted by atomic mass is 35.5. The topological polar surface area (TPSA) is 67.9 Å². The highest BCUT2D eigenvalue weighted by Gasteiger charge is 2.34. The molecule has 1 aliphatic heterocycles. The molecule has 0 radical (unpaired) electrons. The number of likely N-dealkylation sites (tertiary alicyclic amines) is 1. The Morgan fingerprint density at radius 2 is 1.72 bits per heavy atom. The maximum absolute atomic E-state index is 12.7. The Hall–Kier alpha value is -2.57. The minimum absolute atomic E-state index is 0.0403. The highest BCUT2D eigenvalue weighted by molar-refractivity contribution is 6.31. The van der Waals surface area contributed by atoms with Gasteiger partial charge in [0, 0.05) is 24.0 Å². The van der Waals surface area contributed by atoms with Gasteiger partial charge in [-0.2, -0.15) is 0 Å². The van der Waals surface area contributed by atoms with Crippen molar-refractivity contribution in [2.75, 3.05) is 32.6 Å². The number of nitrogens with zero attached hydrogens (tertiary/aromatic N) is 1. The number of esters is 1. The van der Waals surface area contributed by atoms with Crippen molar-refractivity contribution in [2.45, 2.75) is 18.9 Å². The monoisotopic (exact) mass is 416 g/mol. The lowest BCUT2D eigenvalue weighted by Gasteiger charge is -2.36. The van der Waals surface area contributed by atoms with Gasteiger partial charge in [-0.05, 0) is 36.6 Å². The molecule has 29 heavy (non-hydrogen) atoms. The third-order valence-corrected chi connectivity index (χ3v) is 5.60. The van der Waals surface area contributed by atoms with Gasteiger partial charge in [0.25, 0.3) is 0 Å². The fraction of sp³-hybridized carbons (Fsp3) is 0.364. The van der Waals surface area contributed by atoms with Crippen molar-refractivity contribution in [3.05, 3.63) is 59.1 Å². The summed E-state index contributed by atoms with van der Waals surface area (Å²) >= 11 is 6.33. The Labute approximate surface area is 175 Å². The quantitative estimate of drug-likeness (QED) is 0.723. The van der Waals surface area contributed by atoms with Gasteiger partial charge in [-0.3, -0.25) is 9.69 Å². The van der Waals surface area contributed by atoms with Crippen LogP contribution in [0.5, 0.6) is 5.75 Å². The zero-order chi connectivity index (χ0) is 20.8. The van der Waals surface area contributed by atoms with Crippen molar-refractivity contribution in [3.63, 3.8) is 0 Å². The van der Waals surface area contributed by atoms with Crippen LogP contribution in [0.3, 0.4) is 0 Å². The van der Waals surface area contributed by atoms with Gasteiger partial charge in [0.05, 0.1) is 19.9 Å². The molecule has 0 saturated carbocycles. The third-order valence-electron chi connectivity index (χ3n) is 5.25. The maximum atomic E-state index is 12.7. The average molecular weight is 417 g/mol. The van der Waals surface area contributed by atoms with E-state index in [4.69, 9.17) is 21.1 Å². The van der Waals surface area contributed by atoms with Gasteiger partial charge in [-0.15, -0.1) is 0 Å². The summed E-state index contributed by atoms with van der Waals surface area (Å²) in [4.78, 5) is 27.2. The van der Waals surface area contributed by atoms with E-state index < -0.39 is 6.04 Å². The van der Waals surface area contributed by atoms with E-state index in [9.17, 15) is 9.59 Å². The van der Waals surface area contributed by atoms with E-state index in [0.717, 1.165) is 5.56 Å². The largest absolute Gasteiger partial charge is 0.495 e. The van der Waals surface area contributed by atoms with E-state index in [2.05, 4.69) is 5.32 Å². The molecule has 3 rings (SSSR count).